The summed E-state index contributed by atoms with van der Waals surface area (Å²) in [7, 11) is 1.83. The monoisotopic (exact) mass is 482 g/mol. The number of rotatable bonds is 7. The van der Waals surface area contributed by atoms with E-state index in [1.54, 1.807) is 16.2 Å². The zero-order valence-corrected chi connectivity index (χ0v) is 20.5. The molecule has 0 radical (unpaired) electrons. The number of carbonyl (C=O) groups is 1. The topological polar surface area (TPSA) is 51.0 Å². The first kappa shape index (κ1) is 22.6. The number of hydrogen-bond donors (Lipinski definition) is 0. The van der Waals surface area contributed by atoms with Crippen LogP contribution in [0, 0.1) is 13.8 Å². The highest BCUT2D eigenvalue weighted by Gasteiger charge is 2.21. The van der Waals surface area contributed by atoms with Gasteiger partial charge < -0.3 is 4.90 Å². The molecule has 0 atom stereocenters. The van der Waals surface area contributed by atoms with E-state index in [1.165, 1.54) is 11.8 Å². The van der Waals surface area contributed by atoms with Crippen LogP contribution in [0.2, 0.25) is 5.02 Å². The molecule has 4 aromatic rings. The van der Waals surface area contributed by atoms with Gasteiger partial charge in [0.1, 0.15) is 0 Å². The summed E-state index contributed by atoms with van der Waals surface area (Å²) in [6.07, 6.45) is 0. The SMILES string of the molecule is Cc1ccc(C)c(-n2c(SCC(=O)N(C)Cc3cccs3)nnc2-c2ccccc2Cl)c1. The Morgan fingerprint density at radius 2 is 1.94 bits per heavy atom. The first-order valence-corrected chi connectivity index (χ1v) is 12.4. The lowest BCUT2D eigenvalue weighted by molar-refractivity contribution is -0.127. The van der Waals surface area contributed by atoms with Crippen LogP contribution in [0.5, 0.6) is 0 Å². The minimum Gasteiger partial charge on any atom is -0.340 e. The van der Waals surface area contributed by atoms with Crippen molar-refractivity contribution in [2.45, 2.75) is 25.5 Å². The van der Waals surface area contributed by atoms with E-state index < -0.39 is 0 Å². The van der Waals surface area contributed by atoms with Crippen LogP contribution in [0.1, 0.15) is 16.0 Å². The molecule has 0 N–H and O–H groups in total. The lowest BCUT2D eigenvalue weighted by atomic mass is 10.1. The van der Waals surface area contributed by atoms with Crippen LogP contribution in [-0.2, 0) is 11.3 Å². The van der Waals surface area contributed by atoms with E-state index in [1.807, 2.05) is 53.4 Å². The van der Waals surface area contributed by atoms with Crippen molar-refractivity contribution in [1.82, 2.24) is 19.7 Å². The zero-order valence-electron chi connectivity index (χ0n) is 18.1. The van der Waals surface area contributed by atoms with Gasteiger partial charge >= 0.3 is 0 Å². The van der Waals surface area contributed by atoms with Crippen molar-refractivity contribution in [2.24, 2.45) is 0 Å². The Labute approximate surface area is 201 Å². The van der Waals surface area contributed by atoms with Gasteiger partial charge in [-0.1, -0.05) is 53.7 Å². The number of aryl methyl sites for hydroxylation is 2. The summed E-state index contributed by atoms with van der Waals surface area (Å²) in [4.78, 5) is 15.7. The molecule has 164 valence electrons. The predicted molar refractivity (Wildman–Crippen MR) is 133 cm³/mol. The molecule has 5 nitrogen and oxygen atoms in total. The Hall–Kier alpha value is -2.61. The van der Waals surface area contributed by atoms with Crippen LogP contribution in [-0.4, -0.2) is 38.4 Å². The van der Waals surface area contributed by atoms with Crippen molar-refractivity contribution in [3.05, 3.63) is 81.0 Å². The first-order chi connectivity index (χ1) is 15.4. The van der Waals surface area contributed by atoms with Gasteiger partial charge in [-0.15, -0.1) is 21.5 Å². The molecule has 0 bridgehead atoms. The molecule has 2 aromatic heterocycles. The van der Waals surface area contributed by atoms with Gasteiger partial charge in [-0.2, -0.15) is 0 Å². The van der Waals surface area contributed by atoms with Crippen LogP contribution in [0.25, 0.3) is 17.1 Å². The summed E-state index contributed by atoms with van der Waals surface area (Å²) in [6.45, 7) is 4.71. The molecule has 1 amide bonds. The van der Waals surface area contributed by atoms with Crippen LogP contribution in [0.15, 0.2) is 65.1 Å². The molecule has 4 rings (SSSR count). The maximum absolute atomic E-state index is 12.8. The van der Waals surface area contributed by atoms with E-state index in [9.17, 15) is 4.79 Å². The summed E-state index contributed by atoms with van der Waals surface area (Å²) in [5.41, 5.74) is 4.00. The molecule has 0 unspecified atom stereocenters. The Morgan fingerprint density at radius 3 is 2.69 bits per heavy atom. The average Bonchev–Trinajstić information content (AvgIpc) is 3.44. The predicted octanol–water partition coefficient (Wildman–Crippen LogP) is 6.02. The largest absolute Gasteiger partial charge is 0.340 e. The van der Waals surface area contributed by atoms with Gasteiger partial charge in [0.05, 0.1) is 23.0 Å². The number of thioether (sulfide) groups is 1. The lowest BCUT2D eigenvalue weighted by Gasteiger charge is -2.17. The first-order valence-electron chi connectivity index (χ1n) is 10.1. The van der Waals surface area contributed by atoms with E-state index in [0.717, 1.165) is 27.3 Å². The third-order valence-corrected chi connectivity index (χ3v) is 7.18. The minimum atomic E-state index is 0.0400. The van der Waals surface area contributed by atoms with Crippen molar-refractivity contribution in [3.63, 3.8) is 0 Å². The van der Waals surface area contributed by atoms with E-state index in [4.69, 9.17) is 11.6 Å². The highest BCUT2D eigenvalue weighted by Crippen LogP contribution is 2.33. The van der Waals surface area contributed by atoms with Crippen molar-refractivity contribution in [1.29, 1.82) is 0 Å². The number of hydrogen-bond acceptors (Lipinski definition) is 5. The second-order valence-corrected chi connectivity index (χ2v) is 9.91. The Morgan fingerprint density at radius 1 is 1.12 bits per heavy atom. The summed E-state index contributed by atoms with van der Waals surface area (Å²) < 4.78 is 2.00. The fourth-order valence-corrected chi connectivity index (χ4v) is 5.18. The van der Waals surface area contributed by atoms with Crippen molar-refractivity contribution < 1.29 is 4.79 Å². The molecule has 2 aromatic carbocycles. The second-order valence-electron chi connectivity index (χ2n) is 7.53. The molecule has 0 saturated carbocycles. The van der Waals surface area contributed by atoms with E-state index >= 15 is 0 Å². The van der Waals surface area contributed by atoms with Gasteiger partial charge in [-0.25, -0.2) is 0 Å². The molecule has 0 saturated heterocycles. The van der Waals surface area contributed by atoms with Crippen molar-refractivity contribution >= 4 is 40.6 Å². The highest BCUT2D eigenvalue weighted by molar-refractivity contribution is 7.99. The molecule has 8 heteroatoms. The molecule has 0 spiro atoms. The minimum absolute atomic E-state index is 0.0400. The number of halogens is 1. The third kappa shape index (κ3) is 4.90. The van der Waals surface area contributed by atoms with Crippen molar-refractivity contribution in [2.75, 3.05) is 12.8 Å². The molecule has 0 aliphatic carbocycles. The maximum atomic E-state index is 12.8. The summed E-state index contributed by atoms with van der Waals surface area (Å²) in [5.74, 6) is 0.970. The van der Waals surface area contributed by atoms with Gasteiger partial charge in [-0.05, 0) is 54.6 Å². The van der Waals surface area contributed by atoms with Gasteiger partial charge in [0, 0.05) is 17.5 Å². The van der Waals surface area contributed by atoms with Crippen LogP contribution < -0.4 is 0 Å². The lowest BCUT2D eigenvalue weighted by Crippen LogP contribution is -2.27. The number of thiophene rings is 1. The maximum Gasteiger partial charge on any atom is 0.233 e. The normalized spacial score (nSPS) is 11.0. The molecule has 0 fully saturated rings. The Kier molecular flexibility index (Phi) is 6.98. The van der Waals surface area contributed by atoms with Gasteiger partial charge in [0.25, 0.3) is 0 Å². The highest BCUT2D eigenvalue weighted by atomic mass is 35.5. The smallest absolute Gasteiger partial charge is 0.233 e. The summed E-state index contributed by atoms with van der Waals surface area (Å²) >= 11 is 9.52. The van der Waals surface area contributed by atoms with E-state index in [0.29, 0.717) is 22.5 Å². The second kappa shape index (κ2) is 9.90. The number of carbonyl (C=O) groups excluding carboxylic acids is 1. The fraction of sp³-hybridized carbons (Fsp3) is 0.208. The van der Waals surface area contributed by atoms with Crippen LogP contribution in [0.4, 0.5) is 0 Å². The molecular weight excluding hydrogens is 460 g/mol. The van der Waals surface area contributed by atoms with Gasteiger partial charge in [-0.3, -0.25) is 9.36 Å². The van der Waals surface area contributed by atoms with E-state index in [2.05, 4.69) is 42.2 Å². The zero-order chi connectivity index (χ0) is 22.7. The quantitative estimate of drug-likeness (QED) is 0.302. The van der Waals surface area contributed by atoms with E-state index in [-0.39, 0.29) is 11.7 Å². The molecular formula is C24H23ClN4OS2. The summed E-state index contributed by atoms with van der Waals surface area (Å²) in [5, 5.41) is 12.2. The third-order valence-electron chi connectivity index (χ3n) is 5.08. The standard InChI is InChI=1S/C24H23ClN4OS2/c1-16-10-11-17(2)21(13-16)29-23(19-8-4-5-9-20(19)25)26-27-24(29)32-15-22(30)28(3)14-18-7-6-12-31-18/h4-13H,14-15H2,1-3H3. The van der Waals surface area contributed by atoms with Crippen molar-refractivity contribution in [3.8, 4) is 17.1 Å². The van der Waals surface area contributed by atoms with Crippen LogP contribution >= 0.6 is 34.7 Å². The fourth-order valence-electron chi connectivity index (χ4n) is 3.32. The molecule has 0 aliphatic rings. The Balaban J connectivity index is 1.66. The molecule has 2 heterocycles. The van der Waals surface area contributed by atoms with Gasteiger partial charge in [0.15, 0.2) is 11.0 Å². The number of benzene rings is 2. The molecule has 0 aliphatic heterocycles. The van der Waals surface area contributed by atoms with Crippen LogP contribution in [0.3, 0.4) is 0 Å². The number of amides is 1. The summed E-state index contributed by atoms with van der Waals surface area (Å²) in [6, 6.07) is 17.9. The molecule has 32 heavy (non-hydrogen) atoms. The average molecular weight is 483 g/mol. The number of nitrogens with zero attached hydrogens (tertiary/aromatic N) is 4. The number of aromatic nitrogens is 3. The van der Waals surface area contributed by atoms with Gasteiger partial charge in [0.2, 0.25) is 5.91 Å². The Bertz CT molecular complexity index is 1240.